The molecule has 1 aliphatic rings. The maximum absolute atomic E-state index is 13.1. The van der Waals surface area contributed by atoms with E-state index in [-0.39, 0.29) is 11.3 Å². The van der Waals surface area contributed by atoms with E-state index in [1.54, 1.807) is 0 Å². The smallest absolute Gasteiger partial charge is 0.164 e. The van der Waals surface area contributed by atoms with Crippen LogP contribution in [0.5, 0.6) is 0 Å². The Balaban J connectivity index is 1.88. The molecule has 0 N–H and O–H groups in total. The number of hydrogen-bond donors (Lipinski definition) is 0. The van der Waals surface area contributed by atoms with Crippen LogP contribution in [0.15, 0.2) is 18.2 Å². The first-order valence-electron chi connectivity index (χ1n) is 7.30. The van der Waals surface area contributed by atoms with Crippen molar-refractivity contribution in [3.63, 3.8) is 0 Å². The van der Waals surface area contributed by atoms with Crippen LogP contribution in [-0.2, 0) is 0 Å². The zero-order chi connectivity index (χ0) is 14.5. The lowest BCUT2D eigenvalue weighted by Gasteiger charge is -2.32. The lowest BCUT2D eigenvalue weighted by molar-refractivity contribution is 0.0944. The molecule has 1 atom stereocenters. The third-order valence-electron chi connectivity index (χ3n) is 4.02. The minimum absolute atomic E-state index is 0.131. The number of ketones is 1. The molecule has 0 saturated carbocycles. The molecular formula is C16H21F2NO. The molecule has 0 radical (unpaired) electrons. The van der Waals surface area contributed by atoms with Gasteiger partial charge < -0.3 is 4.90 Å². The van der Waals surface area contributed by atoms with Crippen molar-refractivity contribution in [2.45, 2.75) is 32.6 Å². The number of halogens is 2. The summed E-state index contributed by atoms with van der Waals surface area (Å²) >= 11 is 0. The fourth-order valence-electron chi connectivity index (χ4n) is 2.81. The Kier molecular flexibility index (Phi) is 5.24. The van der Waals surface area contributed by atoms with Crippen LogP contribution in [0.1, 0.15) is 43.0 Å². The minimum Gasteiger partial charge on any atom is -0.303 e. The van der Waals surface area contributed by atoms with Gasteiger partial charge in [0.05, 0.1) is 0 Å². The maximum atomic E-state index is 13.1. The molecule has 20 heavy (non-hydrogen) atoms. The first-order valence-corrected chi connectivity index (χ1v) is 7.30. The predicted octanol–water partition coefficient (Wildman–Crippen LogP) is 3.66. The molecule has 0 spiro atoms. The summed E-state index contributed by atoms with van der Waals surface area (Å²) in [5.41, 5.74) is 0.131. The number of Topliss-reactive ketones (excluding diaryl/α,β-unsaturated/α-hetero) is 1. The first-order chi connectivity index (χ1) is 9.58. The Hall–Kier alpha value is -1.29. The molecule has 1 saturated heterocycles. The highest BCUT2D eigenvalue weighted by atomic mass is 19.1. The summed E-state index contributed by atoms with van der Waals surface area (Å²) in [7, 11) is 0. The normalized spacial score (nSPS) is 20.1. The number of hydrogen-bond acceptors (Lipinski definition) is 2. The molecule has 0 aliphatic carbocycles. The average molecular weight is 281 g/mol. The van der Waals surface area contributed by atoms with Crippen LogP contribution in [0.4, 0.5) is 8.78 Å². The van der Waals surface area contributed by atoms with Gasteiger partial charge in [0.2, 0.25) is 0 Å². The van der Waals surface area contributed by atoms with E-state index < -0.39 is 11.6 Å². The van der Waals surface area contributed by atoms with Gasteiger partial charge in [-0.1, -0.05) is 13.3 Å². The second-order valence-electron chi connectivity index (χ2n) is 5.55. The number of benzene rings is 1. The number of nitrogens with zero attached hydrogens (tertiary/aromatic N) is 1. The molecule has 4 heteroatoms. The summed E-state index contributed by atoms with van der Waals surface area (Å²) in [6, 6.07) is 3.00. The largest absolute Gasteiger partial charge is 0.303 e. The topological polar surface area (TPSA) is 20.3 Å². The van der Waals surface area contributed by atoms with Crippen molar-refractivity contribution >= 4 is 5.78 Å². The zero-order valence-corrected chi connectivity index (χ0v) is 11.9. The molecule has 1 aromatic carbocycles. The van der Waals surface area contributed by atoms with Crippen LogP contribution in [0, 0.1) is 17.6 Å². The fraction of sp³-hybridized carbons (Fsp3) is 0.562. The summed E-state index contributed by atoms with van der Waals surface area (Å²) < 4.78 is 26.2. The Morgan fingerprint density at radius 2 is 2.00 bits per heavy atom. The van der Waals surface area contributed by atoms with Crippen LogP contribution in [0.25, 0.3) is 0 Å². The molecule has 1 fully saturated rings. The van der Waals surface area contributed by atoms with Gasteiger partial charge in [-0.2, -0.15) is 0 Å². The van der Waals surface area contributed by atoms with Crippen molar-refractivity contribution in [2.75, 3.05) is 19.6 Å². The Labute approximate surface area is 118 Å². The van der Waals surface area contributed by atoms with E-state index in [9.17, 15) is 13.6 Å². The van der Waals surface area contributed by atoms with E-state index in [0.717, 1.165) is 31.3 Å². The van der Waals surface area contributed by atoms with Gasteiger partial charge in [0.15, 0.2) is 5.78 Å². The van der Waals surface area contributed by atoms with E-state index >= 15 is 0 Å². The zero-order valence-electron chi connectivity index (χ0n) is 11.9. The van der Waals surface area contributed by atoms with Gasteiger partial charge in [-0.15, -0.1) is 0 Å². The van der Waals surface area contributed by atoms with Crippen molar-refractivity contribution in [3.05, 3.63) is 35.4 Å². The van der Waals surface area contributed by atoms with Crippen LogP contribution < -0.4 is 0 Å². The fourth-order valence-corrected chi connectivity index (χ4v) is 2.81. The molecule has 0 bridgehead atoms. The molecule has 110 valence electrons. The third kappa shape index (κ3) is 4.10. The van der Waals surface area contributed by atoms with Gasteiger partial charge in [-0.3, -0.25) is 4.79 Å². The molecule has 1 heterocycles. The molecule has 1 aromatic rings. The number of carbonyl (C=O) groups is 1. The van der Waals surface area contributed by atoms with Crippen LogP contribution in [0.3, 0.4) is 0 Å². The Morgan fingerprint density at radius 3 is 2.65 bits per heavy atom. The third-order valence-corrected chi connectivity index (χ3v) is 4.02. The SMILES string of the molecule is CCC1CCCN(CCC(=O)c2cc(F)cc(F)c2)C1. The van der Waals surface area contributed by atoms with Crippen molar-refractivity contribution in [1.29, 1.82) is 0 Å². The van der Waals surface area contributed by atoms with Crippen molar-refractivity contribution < 1.29 is 13.6 Å². The van der Waals surface area contributed by atoms with Crippen molar-refractivity contribution in [1.82, 2.24) is 4.90 Å². The molecular weight excluding hydrogens is 260 g/mol. The monoisotopic (exact) mass is 281 g/mol. The summed E-state index contributed by atoms with van der Waals surface area (Å²) in [6.45, 7) is 4.91. The van der Waals surface area contributed by atoms with Gasteiger partial charge in [0.25, 0.3) is 0 Å². The van der Waals surface area contributed by atoms with E-state index in [2.05, 4.69) is 11.8 Å². The standard InChI is InChI=1S/C16H21F2NO/c1-2-12-4-3-6-19(11-12)7-5-16(20)13-8-14(17)10-15(18)9-13/h8-10,12H,2-7,11H2,1H3. The highest BCUT2D eigenvalue weighted by Gasteiger charge is 2.19. The lowest BCUT2D eigenvalue weighted by atomic mass is 9.95. The Morgan fingerprint density at radius 1 is 1.30 bits per heavy atom. The van der Waals surface area contributed by atoms with Crippen molar-refractivity contribution in [2.24, 2.45) is 5.92 Å². The van der Waals surface area contributed by atoms with Gasteiger partial charge in [0, 0.05) is 31.1 Å². The van der Waals surface area contributed by atoms with Crippen LogP contribution in [0.2, 0.25) is 0 Å². The van der Waals surface area contributed by atoms with E-state index in [0.29, 0.717) is 18.9 Å². The summed E-state index contributed by atoms with van der Waals surface area (Å²) in [4.78, 5) is 14.3. The van der Waals surface area contributed by atoms with Crippen molar-refractivity contribution in [3.8, 4) is 0 Å². The van der Waals surface area contributed by atoms with Crippen LogP contribution >= 0.6 is 0 Å². The summed E-state index contributed by atoms with van der Waals surface area (Å²) in [5.74, 6) is -0.873. The van der Waals surface area contributed by atoms with Gasteiger partial charge in [-0.25, -0.2) is 8.78 Å². The average Bonchev–Trinajstić information content (AvgIpc) is 2.44. The molecule has 2 rings (SSSR count). The molecule has 1 unspecified atom stereocenters. The second-order valence-corrected chi connectivity index (χ2v) is 5.55. The number of carbonyl (C=O) groups excluding carboxylic acids is 1. The highest BCUT2D eigenvalue weighted by molar-refractivity contribution is 5.96. The molecule has 1 aliphatic heterocycles. The second kappa shape index (κ2) is 6.93. The number of rotatable bonds is 5. The Bertz CT molecular complexity index is 455. The van der Waals surface area contributed by atoms with E-state index in [4.69, 9.17) is 0 Å². The molecule has 0 amide bonds. The lowest BCUT2D eigenvalue weighted by Crippen LogP contribution is -2.36. The number of piperidine rings is 1. The summed E-state index contributed by atoms with van der Waals surface area (Å²) in [6.07, 6.45) is 3.91. The maximum Gasteiger partial charge on any atom is 0.164 e. The molecule has 2 nitrogen and oxygen atoms in total. The quantitative estimate of drug-likeness (QED) is 0.768. The highest BCUT2D eigenvalue weighted by Crippen LogP contribution is 2.19. The minimum atomic E-state index is -0.697. The first kappa shape index (κ1) is 15.1. The van der Waals surface area contributed by atoms with Gasteiger partial charge >= 0.3 is 0 Å². The van der Waals surface area contributed by atoms with E-state index in [1.807, 2.05) is 0 Å². The van der Waals surface area contributed by atoms with E-state index in [1.165, 1.54) is 19.3 Å². The predicted molar refractivity (Wildman–Crippen MR) is 74.8 cm³/mol. The van der Waals surface area contributed by atoms with Gasteiger partial charge in [-0.05, 0) is 37.4 Å². The van der Waals surface area contributed by atoms with Crippen LogP contribution in [-0.4, -0.2) is 30.3 Å². The number of likely N-dealkylation sites (tertiary alicyclic amines) is 1. The summed E-state index contributed by atoms with van der Waals surface area (Å²) in [5, 5.41) is 0. The molecule has 0 aromatic heterocycles. The van der Waals surface area contributed by atoms with Gasteiger partial charge in [0.1, 0.15) is 11.6 Å².